The summed E-state index contributed by atoms with van der Waals surface area (Å²) in [4.78, 5) is 70.9. The Morgan fingerprint density at radius 2 is 1.62 bits per heavy atom. The number of carboxylic acid groups (broad SMARTS) is 1. The van der Waals surface area contributed by atoms with Crippen LogP contribution in [0, 0.1) is 17.8 Å². The summed E-state index contributed by atoms with van der Waals surface area (Å²) in [5.41, 5.74) is 0.785. The predicted molar refractivity (Wildman–Crippen MR) is 191 cm³/mol. The Labute approximate surface area is 298 Å². The maximum atomic E-state index is 14.0. The van der Waals surface area contributed by atoms with Gasteiger partial charge in [-0.3, -0.25) is 24.1 Å². The van der Waals surface area contributed by atoms with Crippen molar-refractivity contribution in [2.24, 2.45) is 17.8 Å². The number of hydrogen-bond acceptors (Lipinski definition) is 8. The van der Waals surface area contributed by atoms with Gasteiger partial charge in [-0.2, -0.15) is 0 Å². The molecule has 1 saturated heterocycles. The predicted octanol–water partition coefficient (Wildman–Crippen LogP) is 2.42. The minimum absolute atomic E-state index is 0.00276. The van der Waals surface area contributed by atoms with Crippen LogP contribution in [0.4, 0.5) is 0 Å². The zero-order valence-electron chi connectivity index (χ0n) is 31.7. The lowest BCUT2D eigenvalue weighted by Gasteiger charge is -2.39. The Hall–Kier alpha value is -3.55. The molecule has 13 nitrogen and oxygen atoms in total. The van der Waals surface area contributed by atoms with Gasteiger partial charge in [-0.25, -0.2) is 4.79 Å². The van der Waals surface area contributed by atoms with Crippen LogP contribution in [-0.4, -0.2) is 134 Å². The normalized spacial score (nSPS) is 18.9. The van der Waals surface area contributed by atoms with Gasteiger partial charge in [-0.15, -0.1) is 0 Å². The Morgan fingerprint density at radius 1 is 0.980 bits per heavy atom. The van der Waals surface area contributed by atoms with E-state index in [1.54, 1.807) is 23.8 Å². The maximum absolute atomic E-state index is 14.0. The van der Waals surface area contributed by atoms with E-state index < -0.39 is 48.1 Å². The number of carbonyl (C=O) groups is 5. The second kappa shape index (κ2) is 20.3. The average Bonchev–Trinajstić information content (AvgIpc) is 3.56. The molecule has 0 radical (unpaired) electrons. The molecule has 3 N–H and O–H groups in total. The third-order valence-corrected chi connectivity index (χ3v) is 10.1. The molecule has 0 aromatic heterocycles. The van der Waals surface area contributed by atoms with E-state index in [0.717, 1.165) is 12.0 Å². The van der Waals surface area contributed by atoms with Crippen molar-refractivity contribution in [2.75, 3.05) is 48.5 Å². The summed E-state index contributed by atoms with van der Waals surface area (Å²) in [6.07, 6.45) is 0.873. The van der Waals surface area contributed by atoms with Crippen molar-refractivity contribution in [2.45, 2.75) is 103 Å². The largest absolute Gasteiger partial charge is 0.480 e. The zero-order valence-corrected chi connectivity index (χ0v) is 31.7. The summed E-state index contributed by atoms with van der Waals surface area (Å²) in [6.45, 7) is 9.90. The first-order valence-corrected chi connectivity index (χ1v) is 17.7. The quantitative estimate of drug-likeness (QED) is 0.186. The first kappa shape index (κ1) is 42.6. The molecule has 4 amide bonds. The van der Waals surface area contributed by atoms with Crippen molar-refractivity contribution in [1.82, 2.24) is 25.3 Å². The molecular weight excluding hydrogens is 642 g/mol. The van der Waals surface area contributed by atoms with Crippen molar-refractivity contribution >= 4 is 29.6 Å². The monoisotopic (exact) mass is 703 g/mol. The molecule has 13 heteroatoms. The number of amides is 4. The first-order valence-electron chi connectivity index (χ1n) is 17.7. The van der Waals surface area contributed by atoms with E-state index >= 15 is 0 Å². The highest BCUT2D eigenvalue weighted by Crippen LogP contribution is 2.29. The minimum Gasteiger partial charge on any atom is -0.480 e. The maximum Gasteiger partial charge on any atom is 0.326 e. The molecule has 1 heterocycles. The van der Waals surface area contributed by atoms with Gasteiger partial charge in [0.2, 0.25) is 23.6 Å². The number of nitrogens with one attached hydrogen (secondary N) is 2. The van der Waals surface area contributed by atoms with Gasteiger partial charge in [0.05, 0.1) is 49.2 Å². The standard InChI is InChI=1S/C37H61N5O8/c1-11-24(4)33(41(8)31(44)22-38-36(46)32(23(2)3)40(6)7)29(49-9)21-30(43)42-19-15-18-28(42)34(50-10)25(5)35(45)39-27(37(47)48)20-26-16-13-12-14-17-26/h12-14,16-17,23-25,27-29,32-34H,11,15,18-22H2,1-10H3,(H,38,46)(H,39,45)(H,47,48)/t24-,25+,27-,28-,29+,32-,33-,34+/m0/s1. The van der Waals surface area contributed by atoms with Gasteiger partial charge < -0.3 is 35.0 Å². The number of aliphatic carboxylic acids is 1. The van der Waals surface area contributed by atoms with Crippen LogP contribution in [0.25, 0.3) is 0 Å². The van der Waals surface area contributed by atoms with Crippen LogP contribution in [0.2, 0.25) is 0 Å². The first-order chi connectivity index (χ1) is 23.6. The SMILES string of the molecule is CC[C@H](C)[C@@H]([C@@H](CC(=O)N1CCC[C@H]1[C@H](OC)[C@@H](C)C(=O)N[C@@H](Cc1ccccc1)C(=O)O)OC)N(C)C(=O)CNC(=O)[C@H](C(C)C)N(C)C. The van der Waals surface area contributed by atoms with Gasteiger partial charge in [0.15, 0.2) is 0 Å². The number of ether oxygens (including phenoxy) is 2. The average molecular weight is 704 g/mol. The van der Waals surface area contributed by atoms with E-state index in [-0.39, 0.29) is 55.0 Å². The molecule has 50 heavy (non-hydrogen) atoms. The van der Waals surface area contributed by atoms with Crippen LogP contribution in [0.3, 0.4) is 0 Å². The lowest BCUT2D eigenvalue weighted by atomic mass is 9.90. The smallest absolute Gasteiger partial charge is 0.326 e. The van der Waals surface area contributed by atoms with Gasteiger partial charge in [0.1, 0.15) is 6.04 Å². The molecule has 0 spiro atoms. The van der Waals surface area contributed by atoms with E-state index in [0.29, 0.717) is 19.4 Å². The van der Waals surface area contributed by atoms with Crippen LogP contribution in [0.5, 0.6) is 0 Å². The lowest BCUT2D eigenvalue weighted by Crippen LogP contribution is -2.55. The number of hydrogen-bond donors (Lipinski definition) is 3. The Kier molecular flexibility index (Phi) is 17.3. The number of carboxylic acids is 1. The van der Waals surface area contributed by atoms with Crippen molar-refractivity contribution in [3.05, 3.63) is 35.9 Å². The van der Waals surface area contributed by atoms with Crippen molar-refractivity contribution in [3.63, 3.8) is 0 Å². The fourth-order valence-corrected chi connectivity index (χ4v) is 7.20. The zero-order chi connectivity index (χ0) is 37.7. The fraction of sp³-hybridized carbons (Fsp3) is 0.703. The number of carbonyl (C=O) groups excluding carboxylic acids is 4. The van der Waals surface area contributed by atoms with Crippen molar-refractivity contribution in [1.29, 1.82) is 0 Å². The third-order valence-electron chi connectivity index (χ3n) is 10.1. The van der Waals surface area contributed by atoms with E-state index in [4.69, 9.17) is 9.47 Å². The van der Waals surface area contributed by atoms with Gasteiger partial charge >= 0.3 is 5.97 Å². The lowest BCUT2D eigenvalue weighted by molar-refractivity contribution is -0.147. The molecule has 1 aliphatic heterocycles. The highest BCUT2D eigenvalue weighted by Gasteiger charge is 2.42. The molecule has 0 bridgehead atoms. The molecule has 0 saturated carbocycles. The number of benzene rings is 1. The highest BCUT2D eigenvalue weighted by atomic mass is 16.5. The Bertz CT molecular complexity index is 1250. The Balaban J connectivity index is 2.17. The molecule has 2 rings (SSSR count). The van der Waals surface area contributed by atoms with Gasteiger partial charge in [0.25, 0.3) is 0 Å². The van der Waals surface area contributed by atoms with E-state index in [1.165, 1.54) is 14.2 Å². The molecule has 0 unspecified atom stereocenters. The van der Waals surface area contributed by atoms with E-state index in [9.17, 15) is 29.1 Å². The van der Waals surface area contributed by atoms with E-state index in [2.05, 4.69) is 10.6 Å². The Morgan fingerprint density at radius 3 is 2.14 bits per heavy atom. The number of methoxy groups -OCH3 is 2. The van der Waals surface area contributed by atoms with Crippen LogP contribution in [0.15, 0.2) is 30.3 Å². The van der Waals surface area contributed by atoms with Crippen LogP contribution in [-0.2, 0) is 39.9 Å². The molecule has 1 aliphatic rings. The number of likely N-dealkylation sites (tertiary alicyclic amines) is 1. The summed E-state index contributed by atoms with van der Waals surface area (Å²) in [5.74, 6) is -3.02. The van der Waals surface area contributed by atoms with Crippen LogP contribution < -0.4 is 10.6 Å². The van der Waals surface area contributed by atoms with Crippen molar-refractivity contribution < 1.29 is 38.6 Å². The number of nitrogens with zero attached hydrogens (tertiary/aromatic N) is 3. The minimum atomic E-state index is -1.14. The van der Waals surface area contributed by atoms with Crippen LogP contribution in [0.1, 0.15) is 65.9 Å². The fourth-order valence-electron chi connectivity index (χ4n) is 7.20. The molecule has 1 fully saturated rings. The number of rotatable bonds is 20. The summed E-state index contributed by atoms with van der Waals surface area (Å²) in [6, 6.07) is 6.73. The third kappa shape index (κ3) is 11.5. The summed E-state index contributed by atoms with van der Waals surface area (Å²) < 4.78 is 11.7. The van der Waals surface area contributed by atoms with Gasteiger partial charge in [-0.05, 0) is 44.3 Å². The molecule has 8 atom stereocenters. The summed E-state index contributed by atoms with van der Waals surface area (Å²) in [5, 5.41) is 15.3. The second-order valence-electron chi connectivity index (χ2n) is 14.1. The van der Waals surface area contributed by atoms with Gasteiger partial charge in [0, 0.05) is 34.2 Å². The highest BCUT2D eigenvalue weighted by molar-refractivity contribution is 5.88. The van der Waals surface area contributed by atoms with Crippen molar-refractivity contribution in [3.8, 4) is 0 Å². The summed E-state index contributed by atoms with van der Waals surface area (Å²) in [7, 11) is 8.35. The number of likely N-dealkylation sites (N-methyl/N-ethyl adjacent to an activating group) is 2. The van der Waals surface area contributed by atoms with E-state index in [1.807, 2.05) is 77.0 Å². The molecule has 282 valence electrons. The molecule has 1 aromatic carbocycles. The molecule has 0 aliphatic carbocycles. The summed E-state index contributed by atoms with van der Waals surface area (Å²) >= 11 is 0. The second-order valence-corrected chi connectivity index (χ2v) is 14.1. The topological polar surface area (TPSA) is 158 Å². The molecular formula is C37H61N5O8. The van der Waals surface area contributed by atoms with Crippen LogP contribution >= 0.6 is 0 Å². The molecule has 1 aromatic rings. The van der Waals surface area contributed by atoms with Gasteiger partial charge in [-0.1, -0.05) is 71.4 Å².